The highest BCUT2D eigenvalue weighted by Gasteiger charge is 2.17. The molecule has 0 aromatic carbocycles. The van der Waals surface area contributed by atoms with E-state index in [2.05, 4.69) is 13.0 Å². The first-order valence-corrected chi connectivity index (χ1v) is 6.59. The fourth-order valence-corrected chi connectivity index (χ4v) is 2.30. The van der Waals surface area contributed by atoms with Crippen LogP contribution in [0.25, 0.3) is 0 Å². The van der Waals surface area contributed by atoms with Crippen LogP contribution in [0.1, 0.15) is 47.0 Å². The molecule has 0 heterocycles. The normalized spacial score (nSPS) is 15.9. The Bertz CT molecular complexity index is 230. The van der Waals surface area contributed by atoms with Crippen LogP contribution in [-0.2, 0) is 10.8 Å². The Balaban J connectivity index is 3.76. The number of hydrogen-bond acceptors (Lipinski definition) is 2. The Labute approximate surface area is 90.2 Å². The molecule has 0 aromatic rings. The lowest BCUT2D eigenvalue weighted by atomic mass is 9.90. The highest BCUT2D eigenvalue weighted by atomic mass is 32.2. The topological polar surface area (TPSA) is 40.9 Å². The van der Waals surface area contributed by atoms with Crippen molar-refractivity contribution in [2.45, 2.75) is 52.2 Å². The minimum Gasteiger partial charge on any atom is -0.259 e. The van der Waals surface area contributed by atoms with E-state index >= 15 is 0 Å². The van der Waals surface area contributed by atoms with E-state index in [9.17, 15) is 4.21 Å². The predicted octanol–water partition coefficient (Wildman–Crippen LogP) is 2.86. The summed E-state index contributed by atoms with van der Waals surface area (Å²) in [6, 6.07) is 2.26. The first kappa shape index (κ1) is 13.6. The number of nitriles is 1. The molecule has 2 nitrogen and oxygen atoms in total. The summed E-state index contributed by atoms with van der Waals surface area (Å²) in [6.45, 7) is 7.94. The van der Waals surface area contributed by atoms with Crippen LogP contribution in [0, 0.1) is 16.7 Å². The van der Waals surface area contributed by atoms with E-state index in [1.165, 1.54) is 0 Å². The van der Waals surface area contributed by atoms with E-state index in [0.717, 1.165) is 25.0 Å². The molecule has 0 rings (SSSR count). The average molecular weight is 215 g/mol. The molecule has 2 atom stereocenters. The maximum absolute atomic E-state index is 11.6. The van der Waals surface area contributed by atoms with Gasteiger partial charge in [-0.25, -0.2) is 0 Å². The molecule has 3 heteroatoms. The van der Waals surface area contributed by atoms with Gasteiger partial charge in [-0.05, 0) is 33.1 Å². The zero-order valence-corrected chi connectivity index (χ0v) is 10.5. The zero-order valence-electron chi connectivity index (χ0n) is 9.67. The lowest BCUT2D eigenvalue weighted by Gasteiger charge is -2.15. The van der Waals surface area contributed by atoms with Gasteiger partial charge in [0.25, 0.3) is 0 Å². The van der Waals surface area contributed by atoms with Crippen molar-refractivity contribution in [1.29, 1.82) is 5.26 Å². The molecule has 0 saturated heterocycles. The largest absolute Gasteiger partial charge is 0.259 e. The molecule has 0 fully saturated rings. The third-order valence-electron chi connectivity index (χ3n) is 2.47. The van der Waals surface area contributed by atoms with Gasteiger partial charge in [0.2, 0.25) is 0 Å². The third-order valence-corrected chi connectivity index (χ3v) is 4.40. The minimum absolute atomic E-state index is 0.264. The van der Waals surface area contributed by atoms with Crippen molar-refractivity contribution in [3.63, 3.8) is 0 Å². The summed E-state index contributed by atoms with van der Waals surface area (Å²) in [7, 11) is -0.711. The number of hydrogen-bond donors (Lipinski definition) is 0. The highest BCUT2D eigenvalue weighted by Crippen LogP contribution is 2.21. The number of nitrogens with zero attached hydrogens (tertiary/aromatic N) is 1. The van der Waals surface area contributed by atoms with Gasteiger partial charge in [-0.1, -0.05) is 13.8 Å². The van der Waals surface area contributed by atoms with Crippen molar-refractivity contribution in [2.75, 3.05) is 5.75 Å². The molecule has 14 heavy (non-hydrogen) atoms. The lowest BCUT2D eigenvalue weighted by Crippen LogP contribution is -2.15. The van der Waals surface area contributed by atoms with Gasteiger partial charge in [-0.2, -0.15) is 5.26 Å². The monoisotopic (exact) mass is 215 g/mol. The lowest BCUT2D eigenvalue weighted by molar-refractivity contribution is 0.446. The third kappa shape index (κ3) is 5.39. The highest BCUT2D eigenvalue weighted by molar-refractivity contribution is 7.85. The smallest absolute Gasteiger partial charge is 0.0683 e. The summed E-state index contributed by atoms with van der Waals surface area (Å²) >= 11 is 0. The second kappa shape index (κ2) is 6.19. The maximum atomic E-state index is 11.6. The van der Waals surface area contributed by atoms with Gasteiger partial charge in [0.15, 0.2) is 0 Å². The Hall–Kier alpha value is -0.360. The SMILES string of the molecule is CCC(C)S(=O)CCCC(C)(C)C#N. The van der Waals surface area contributed by atoms with Crippen molar-refractivity contribution in [1.82, 2.24) is 0 Å². The Morgan fingerprint density at radius 3 is 2.50 bits per heavy atom. The molecule has 0 aliphatic carbocycles. The van der Waals surface area contributed by atoms with Crippen LogP contribution in [0.15, 0.2) is 0 Å². The first-order valence-electron chi connectivity index (χ1n) is 5.21. The molecular weight excluding hydrogens is 194 g/mol. The Kier molecular flexibility index (Phi) is 6.03. The van der Waals surface area contributed by atoms with Crippen LogP contribution in [0.4, 0.5) is 0 Å². The van der Waals surface area contributed by atoms with Gasteiger partial charge in [0.05, 0.1) is 11.5 Å². The van der Waals surface area contributed by atoms with Gasteiger partial charge in [0, 0.05) is 21.8 Å². The van der Waals surface area contributed by atoms with E-state index in [1.807, 2.05) is 20.8 Å². The molecule has 0 saturated carbocycles. The summed E-state index contributed by atoms with van der Waals surface area (Å²) in [5.74, 6) is 0.736. The average Bonchev–Trinajstić information content (AvgIpc) is 2.16. The summed E-state index contributed by atoms with van der Waals surface area (Å²) < 4.78 is 11.6. The molecule has 2 unspecified atom stereocenters. The molecule has 0 radical (unpaired) electrons. The van der Waals surface area contributed by atoms with E-state index in [-0.39, 0.29) is 5.41 Å². The van der Waals surface area contributed by atoms with Crippen molar-refractivity contribution < 1.29 is 4.21 Å². The molecule has 0 bridgehead atoms. The standard InChI is InChI=1S/C11H21NOS/c1-5-10(2)14(13)8-6-7-11(3,4)9-12/h10H,5-8H2,1-4H3. The molecule has 0 aliphatic rings. The molecule has 0 aromatic heterocycles. The summed E-state index contributed by atoms with van der Waals surface area (Å²) in [5.41, 5.74) is -0.264. The van der Waals surface area contributed by atoms with Crippen LogP contribution in [-0.4, -0.2) is 15.2 Å². The van der Waals surface area contributed by atoms with Gasteiger partial charge >= 0.3 is 0 Å². The Morgan fingerprint density at radius 2 is 2.07 bits per heavy atom. The minimum atomic E-state index is -0.711. The van der Waals surface area contributed by atoms with Crippen LogP contribution in [0.5, 0.6) is 0 Å². The quantitative estimate of drug-likeness (QED) is 0.683. The van der Waals surface area contributed by atoms with Crippen molar-refractivity contribution >= 4 is 10.8 Å². The summed E-state index contributed by atoms with van der Waals surface area (Å²) in [6.07, 6.45) is 2.69. The van der Waals surface area contributed by atoms with Gasteiger partial charge < -0.3 is 0 Å². The Morgan fingerprint density at radius 1 is 1.50 bits per heavy atom. The van der Waals surface area contributed by atoms with Crippen LogP contribution in [0.2, 0.25) is 0 Å². The second-order valence-electron chi connectivity index (χ2n) is 4.40. The zero-order chi connectivity index (χ0) is 11.2. The van der Waals surface area contributed by atoms with Gasteiger partial charge in [0.1, 0.15) is 0 Å². The fraction of sp³-hybridized carbons (Fsp3) is 0.909. The predicted molar refractivity (Wildman–Crippen MR) is 61.4 cm³/mol. The second-order valence-corrected chi connectivity index (χ2v) is 6.38. The molecule has 82 valence electrons. The van der Waals surface area contributed by atoms with Crippen LogP contribution >= 0.6 is 0 Å². The first-order chi connectivity index (χ1) is 6.43. The maximum Gasteiger partial charge on any atom is 0.0683 e. The van der Waals surface area contributed by atoms with Crippen molar-refractivity contribution in [3.05, 3.63) is 0 Å². The van der Waals surface area contributed by atoms with E-state index < -0.39 is 10.8 Å². The van der Waals surface area contributed by atoms with E-state index in [1.54, 1.807) is 0 Å². The molecule has 0 aliphatic heterocycles. The van der Waals surface area contributed by atoms with E-state index in [0.29, 0.717) is 5.25 Å². The number of rotatable bonds is 6. The van der Waals surface area contributed by atoms with Crippen LogP contribution < -0.4 is 0 Å². The molecule has 0 N–H and O–H groups in total. The van der Waals surface area contributed by atoms with Gasteiger partial charge in [-0.3, -0.25) is 4.21 Å². The summed E-state index contributed by atoms with van der Waals surface area (Å²) in [5, 5.41) is 9.08. The fourth-order valence-electron chi connectivity index (χ4n) is 1.10. The summed E-state index contributed by atoms with van der Waals surface area (Å²) in [4.78, 5) is 0. The van der Waals surface area contributed by atoms with Gasteiger partial charge in [-0.15, -0.1) is 0 Å². The molecular formula is C11H21NOS. The van der Waals surface area contributed by atoms with Crippen molar-refractivity contribution in [3.8, 4) is 6.07 Å². The van der Waals surface area contributed by atoms with Crippen LogP contribution in [0.3, 0.4) is 0 Å². The van der Waals surface area contributed by atoms with E-state index in [4.69, 9.17) is 5.26 Å². The molecule has 0 spiro atoms. The van der Waals surface area contributed by atoms with Crippen molar-refractivity contribution in [2.24, 2.45) is 5.41 Å². The molecule has 0 amide bonds.